The summed E-state index contributed by atoms with van der Waals surface area (Å²) in [6, 6.07) is -4.28. The molecule has 0 bridgehead atoms. The highest BCUT2D eigenvalue weighted by molar-refractivity contribution is 5.77. The van der Waals surface area contributed by atoms with E-state index in [1.165, 1.54) is 0 Å². The van der Waals surface area contributed by atoms with Crippen LogP contribution in [0.4, 0.5) is 0 Å². The summed E-state index contributed by atoms with van der Waals surface area (Å²) in [6.45, 7) is -0.961. The third-order valence-corrected chi connectivity index (χ3v) is 4.51. The van der Waals surface area contributed by atoms with Gasteiger partial charge in [-0.05, 0) is 0 Å². The van der Waals surface area contributed by atoms with E-state index in [1.54, 1.807) is 0 Å². The molecule has 2 rings (SSSR count). The maximum Gasteiger partial charge on any atom is 0.323 e. The van der Waals surface area contributed by atoms with Crippen LogP contribution in [0.25, 0.3) is 0 Å². The maximum absolute atomic E-state index is 11.6. The number of aliphatic hydroxyl groups excluding tert-OH is 3. The molecule has 1 aliphatic heterocycles. The van der Waals surface area contributed by atoms with E-state index in [2.05, 4.69) is 16.0 Å². The number of hydrogen-bond acceptors (Lipinski definition) is 10. The van der Waals surface area contributed by atoms with Gasteiger partial charge < -0.3 is 30.3 Å². The summed E-state index contributed by atoms with van der Waals surface area (Å²) in [6.07, 6.45) is -4.06. The molecule has 0 amide bonds. The molecule has 1 saturated heterocycles. The zero-order chi connectivity index (χ0) is 19.4. The Morgan fingerprint density at radius 1 is 0.923 bits per heavy atom. The smallest absolute Gasteiger partial charge is 0.323 e. The van der Waals surface area contributed by atoms with Gasteiger partial charge >= 0.3 is 17.9 Å². The lowest BCUT2D eigenvalue weighted by Gasteiger charge is -2.47. The molecule has 2 fully saturated rings. The molecule has 1 heterocycles. The Kier molecular flexibility index (Phi) is 6.86. The molecule has 1 unspecified atom stereocenters. The van der Waals surface area contributed by atoms with Crippen molar-refractivity contribution in [3.8, 4) is 0 Å². The normalized spacial score (nSPS) is 37.3. The number of carbonyl (C=O) groups excluding carboxylic acids is 1. The number of cyclic esters (lactones) is 1. The van der Waals surface area contributed by atoms with Gasteiger partial charge in [0.15, 0.2) is 0 Å². The number of carbonyl (C=O) groups is 3. The third-order valence-electron chi connectivity index (χ3n) is 4.51. The van der Waals surface area contributed by atoms with Crippen LogP contribution in [0.15, 0.2) is 0 Å². The van der Waals surface area contributed by atoms with Gasteiger partial charge in [-0.1, -0.05) is 0 Å². The molecule has 12 heteroatoms. The summed E-state index contributed by atoms with van der Waals surface area (Å²) in [5.74, 6) is -3.01. The lowest BCUT2D eigenvalue weighted by molar-refractivity contribution is -0.141. The van der Waals surface area contributed by atoms with Gasteiger partial charge in [-0.2, -0.15) is 0 Å². The van der Waals surface area contributed by atoms with Crippen molar-refractivity contribution in [3.05, 3.63) is 0 Å². The van der Waals surface area contributed by atoms with Crippen molar-refractivity contribution in [2.24, 2.45) is 0 Å². The van der Waals surface area contributed by atoms with Gasteiger partial charge in [0.25, 0.3) is 0 Å². The van der Waals surface area contributed by atoms with E-state index in [0.717, 1.165) is 0 Å². The maximum atomic E-state index is 11.6. The second-order valence-electron chi connectivity index (χ2n) is 6.27. The van der Waals surface area contributed by atoms with Gasteiger partial charge in [-0.3, -0.25) is 30.3 Å². The van der Waals surface area contributed by atoms with E-state index < -0.39 is 73.5 Å². The number of carboxylic acids is 2. The van der Waals surface area contributed by atoms with Crippen molar-refractivity contribution in [3.63, 3.8) is 0 Å². The molecule has 1 saturated carbocycles. The highest BCUT2D eigenvalue weighted by Gasteiger charge is 2.50. The fourth-order valence-corrected chi connectivity index (χ4v) is 3.25. The summed E-state index contributed by atoms with van der Waals surface area (Å²) in [4.78, 5) is 33.2. The van der Waals surface area contributed by atoms with Crippen LogP contribution in [0.2, 0.25) is 0 Å². The molecule has 0 aromatic carbocycles. The monoisotopic (exact) mass is 377 g/mol. The van der Waals surface area contributed by atoms with Gasteiger partial charge in [-0.15, -0.1) is 0 Å². The first-order chi connectivity index (χ1) is 12.2. The highest BCUT2D eigenvalue weighted by Crippen LogP contribution is 2.23. The first kappa shape index (κ1) is 20.5. The zero-order valence-electron chi connectivity index (χ0n) is 13.7. The van der Waals surface area contributed by atoms with E-state index in [0.29, 0.717) is 6.42 Å². The van der Waals surface area contributed by atoms with Crippen LogP contribution in [-0.4, -0.2) is 106 Å². The van der Waals surface area contributed by atoms with Crippen LogP contribution in [0.3, 0.4) is 0 Å². The quantitative estimate of drug-likeness (QED) is 0.189. The van der Waals surface area contributed by atoms with Crippen LogP contribution >= 0.6 is 0 Å². The Balaban J connectivity index is 2.18. The minimum atomic E-state index is -1.48. The number of hydrogen-bond donors (Lipinski definition) is 8. The van der Waals surface area contributed by atoms with E-state index in [-0.39, 0.29) is 6.61 Å². The number of aliphatic hydroxyl groups is 3. The Morgan fingerprint density at radius 2 is 1.38 bits per heavy atom. The molecule has 0 aromatic rings. The van der Waals surface area contributed by atoms with Crippen LogP contribution < -0.4 is 16.0 Å². The van der Waals surface area contributed by atoms with E-state index in [9.17, 15) is 29.7 Å². The highest BCUT2D eigenvalue weighted by atomic mass is 16.5. The molecule has 0 radical (unpaired) electrons. The summed E-state index contributed by atoms with van der Waals surface area (Å²) in [7, 11) is 0. The van der Waals surface area contributed by atoms with Crippen molar-refractivity contribution in [1.29, 1.82) is 0 Å². The fourth-order valence-electron chi connectivity index (χ4n) is 3.25. The van der Waals surface area contributed by atoms with Crippen LogP contribution in [-0.2, 0) is 19.1 Å². The SMILES string of the molecule is O=C(O)CN[C@@H]1[C@H](O)[C@H](NCC(=O)O)[C@H](O)[C@H](NC2CCOC2=O)[C@@H]1O. The standard InChI is InChI=1S/C14H23N3O9/c18-6(19)3-15-8-11(22)9(16-4-7(20)21)13(24)10(12(8)23)17-5-1-2-26-14(5)25/h5,8-13,15-17,22-24H,1-4H2,(H,18,19)(H,20,21)/t5?,8-,9+,10-,11+,12-,13+. The molecule has 2 aliphatic rings. The minimum absolute atomic E-state index is 0.180. The van der Waals surface area contributed by atoms with Gasteiger partial charge in [0, 0.05) is 6.42 Å². The molecule has 0 spiro atoms. The Morgan fingerprint density at radius 3 is 1.77 bits per heavy atom. The Labute approximate surface area is 148 Å². The molecule has 8 N–H and O–H groups in total. The molecular formula is C14H23N3O9. The topological polar surface area (TPSA) is 198 Å². The number of aliphatic carboxylic acids is 2. The summed E-state index contributed by atoms with van der Waals surface area (Å²) in [5, 5.41) is 56.7. The number of ether oxygens (including phenoxy) is 1. The largest absolute Gasteiger partial charge is 0.480 e. The first-order valence-electron chi connectivity index (χ1n) is 8.09. The van der Waals surface area contributed by atoms with Crippen molar-refractivity contribution in [2.45, 2.75) is 48.9 Å². The summed E-state index contributed by atoms with van der Waals surface area (Å²) in [5.41, 5.74) is 0. The average molecular weight is 377 g/mol. The van der Waals surface area contributed by atoms with Crippen LogP contribution in [0.1, 0.15) is 6.42 Å². The molecular weight excluding hydrogens is 354 g/mol. The number of esters is 1. The fraction of sp³-hybridized carbons (Fsp3) is 0.786. The molecule has 0 aromatic heterocycles. The molecule has 26 heavy (non-hydrogen) atoms. The first-order valence-corrected chi connectivity index (χ1v) is 8.09. The summed E-state index contributed by atoms with van der Waals surface area (Å²) >= 11 is 0. The lowest BCUT2D eigenvalue weighted by Crippen LogP contribution is -2.74. The number of nitrogens with one attached hydrogen (secondary N) is 3. The van der Waals surface area contributed by atoms with Crippen LogP contribution in [0, 0.1) is 0 Å². The molecule has 7 atom stereocenters. The Bertz CT molecular complexity index is 514. The van der Waals surface area contributed by atoms with Gasteiger partial charge in [-0.25, -0.2) is 0 Å². The van der Waals surface area contributed by atoms with Gasteiger partial charge in [0.2, 0.25) is 0 Å². The lowest BCUT2D eigenvalue weighted by atomic mass is 9.79. The Hall–Kier alpha value is -1.83. The number of carboxylic acid groups (broad SMARTS) is 2. The number of rotatable bonds is 8. The predicted molar refractivity (Wildman–Crippen MR) is 83.2 cm³/mol. The van der Waals surface area contributed by atoms with Crippen molar-refractivity contribution < 1.29 is 44.7 Å². The van der Waals surface area contributed by atoms with E-state index in [1.807, 2.05) is 0 Å². The van der Waals surface area contributed by atoms with Crippen LogP contribution in [0.5, 0.6) is 0 Å². The predicted octanol–water partition coefficient (Wildman–Crippen LogP) is -4.56. The molecule has 12 nitrogen and oxygen atoms in total. The van der Waals surface area contributed by atoms with Crippen molar-refractivity contribution in [2.75, 3.05) is 19.7 Å². The average Bonchev–Trinajstić information content (AvgIpc) is 2.95. The third kappa shape index (κ3) is 4.66. The van der Waals surface area contributed by atoms with Gasteiger partial charge in [0.1, 0.15) is 6.04 Å². The zero-order valence-corrected chi connectivity index (χ0v) is 13.7. The second-order valence-corrected chi connectivity index (χ2v) is 6.27. The van der Waals surface area contributed by atoms with Gasteiger partial charge in [0.05, 0.1) is 56.1 Å². The van der Waals surface area contributed by atoms with Crippen molar-refractivity contribution in [1.82, 2.24) is 16.0 Å². The molecule has 148 valence electrons. The minimum Gasteiger partial charge on any atom is -0.480 e. The van der Waals surface area contributed by atoms with E-state index >= 15 is 0 Å². The second kappa shape index (κ2) is 8.70. The summed E-state index contributed by atoms with van der Waals surface area (Å²) < 4.78 is 4.81. The molecule has 1 aliphatic carbocycles. The van der Waals surface area contributed by atoms with E-state index in [4.69, 9.17) is 14.9 Å². The van der Waals surface area contributed by atoms with Crippen molar-refractivity contribution >= 4 is 17.9 Å².